The second-order valence-corrected chi connectivity index (χ2v) is 19.1. The molecule has 44 heavy (non-hydrogen) atoms. The van der Waals surface area contributed by atoms with Crippen LogP contribution in [0.4, 0.5) is 26.3 Å². The van der Waals surface area contributed by atoms with Crippen molar-refractivity contribution >= 4 is 7.14 Å². The Labute approximate surface area is 260 Å². The van der Waals surface area contributed by atoms with Crippen molar-refractivity contribution in [3.05, 3.63) is 0 Å². The van der Waals surface area contributed by atoms with E-state index in [1.54, 1.807) is 0 Å². The van der Waals surface area contributed by atoms with Crippen molar-refractivity contribution in [3.63, 3.8) is 0 Å². The quantitative estimate of drug-likeness (QED) is 0.202. The molecule has 5 saturated carbocycles. The van der Waals surface area contributed by atoms with Gasteiger partial charge in [0.15, 0.2) is 0 Å². The molecule has 5 rings (SSSR count). The minimum atomic E-state index is -4.25. The Hall–Kier alpha value is -0.270. The number of hydrogen-bond acceptors (Lipinski definition) is 3. The first kappa shape index (κ1) is 35.0. The highest BCUT2D eigenvalue weighted by atomic mass is 31.2. The first-order valence-electron chi connectivity index (χ1n) is 17.8. The van der Waals surface area contributed by atoms with Gasteiger partial charge in [-0.15, -0.1) is 0 Å². The second-order valence-electron chi connectivity index (χ2n) is 15.4. The molecule has 5 fully saturated rings. The van der Waals surface area contributed by atoms with Crippen LogP contribution in [0.3, 0.4) is 0 Å². The fourth-order valence-electron chi connectivity index (χ4n) is 9.76. The molecule has 0 aromatic heterocycles. The van der Waals surface area contributed by atoms with Gasteiger partial charge in [0.05, 0.1) is 43.4 Å². The van der Waals surface area contributed by atoms with E-state index in [1.165, 1.54) is 6.42 Å². The smallest absolute Gasteiger partial charge is 0.374 e. The van der Waals surface area contributed by atoms with E-state index in [0.29, 0.717) is 38.5 Å². The molecule has 0 heterocycles. The highest BCUT2D eigenvalue weighted by Crippen LogP contribution is 2.68. The first-order chi connectivity index (χ1) is 20.7. The molecular weight excluding hydrogens is 601 g/mol. The molecule has 10 heteroatoms. The standard InChI is InChI=1S/C34H55F6O3P/c1-22-8-18-31(29(20-22)33(35,36)37)42-24-10-14-27(15-11-24)44(41,26-6-4-3-5-7-26)28-16-12-25(13-17-28)43-32-19-9-23(2)21-30(32)34(38,39)40/h22-32H,3-21H2,1-2H3. The minimum Gasteiger partial charge on any atom is -0.374 e. The lowest BCUT2D eigenvalue weighted by atomic mass is 9.79. The monoisotopic (exact) mass is 656 g/mol. The van der Waals surface area contributed by atoms with E-state index in [0.717, 1.165) is 64.2 Å². The molecule has 0 aliphatic heterocycles. The van der Waals surface area contributed by atoms with E-state index in [1.807, 2.05) is 13.8 Å². The molecule has 0 bridgehead atoms. The highest BCUT2D eigenvalue weighted by molar-refractivity contribution is 7.66. The molecule has 0 radical (unpaired) electrons. The van der Waals surface area contributed by atoms with Gasteiger partial charge in [-0.1, -0.05) is 33.1 Å². The van der Waals surface area contributed by atoms with Crippen LogP contribution in [0.2, 0.25) is 0 Å². The Morgan fingerprint density at radius 3 is 1.23 bits per heavy atom. The second kappa shape index (κ2) is 14.5. The molecule has 5 aliphatic rings. The van der Waals surface area contributed by atoms with Gasteiger partial charge in [0, 0.05) is 17.0 Å². The summed E-state index contributed by atoms with van der Waals surface area (Å²) in [5.41, 5.74) is 0.351. The van der Waals surface area contributed by atoms with Crippen LogP contribution in [0.1, 0.15) is 136 Å². The molecule has 3 nitrogen and oxygen atoms in total. The number of halogens is 6. The van der Waals surface area contributed by atoms with Crippen LogP contribution in [-0.4, -0.2) is 53.7 Å². The third-order valence-electron chi connectivity index (χ3n) is 12.2. The molecule has 0 aromatic rings. The third-order valence-corrected chi connectivity index (χ3v) is 17.2. The fraction of sp³-hybridized carbons (Fsp3) is 1.00. The van der Waals surface area contributed by atoms with Gasteiger partial charge in [-0.3, -0.25) is 0 Å². The average Bonchev–Trinajstić information content (AvgIpc) is 2.99. The molecule has 0 saturated heterocycles. The Balaban J connectivity index is 1.20. The van der Waals surface area contributed by atoms with Crippen LogP contribution in [-0.2, 0) is 14.0 Å². The van der Waals surface area contributed by atoms with E-state index in [4.69, 9.17) is 9.47 Å². The van der Waals surface area contributed by atoms with E-state index in [-0.39, 0.29) is 53.9 Å². The van der Waals surface area contributed by atoms with Crippen LogP contribution < -0.4 is 0 Å². The third kappa shape index (κ3) is 8.23. The van der Waals surface area contributed by atoms with Gasteiger partial charge in [0.1, 0.15) is 0 Å². The SMILES string of the molecule is CC1CCC(OC2CCC(P(=O)(C3CCCCC3)C3CCC(OC4CCC(C)CC4C(F)(F)F)CC3)CC2)C(C(F)(F)F)C1. The van der Waals surface area contributed by atoms with E-state index < -0.39 is 43.5 Å². The van der Waals surface area contributed by atoms with Crippen molar-refractivity contribution < 1.29 is 40.4 Å². The number of ether oxygens (including phenoxy) is 2. The summed E-state index contributed by atoms with van der Waals surface area (Å²) in [4.78, 5) is 0. The van der Waals surface area contributed by atoms with Gasteiger partial charge in [-0.25, -0.2) is 0 Å². The van der Waals surface area contributed by atoms with E-state index in [9.17, 15) is 26.3 Å². The lowest BCUT2D eigenvalue weighted by Gasteiger charge is -2.46. The van der Waals surface area contributed by atoms with Gasteiger partial charge in [-0.2, -0.15) is 26.3 Å². The van der Waals surface area contributed by atoms with E-state index in [2.05, 4.69) is 0 Å². The summed E-state index contributed by atoms with van der Waals surface area (Å²) < 4.78 is 111. The minimum absolute atomic E-state index is 0.0523. The zero-order chi connectivity index (χ0) is 31.7. The largest absolute Gasteiger partial charge is 0.394 e. The summed E-state index contributed by atoms with van der Waals surface area (Å²) >= 11 is 0. The average molecular weight is 657 g/mol. The zero-order valence-electron chi connectivity index (χ0n) is 26.7. The Morgan fingerprint density at radius 1 is 0.500 bits per heavy atom. The molecular formula is C34H55F6O3P. The van der Waals surface area contributed by atoms with Crippen molar-refractivity contribution in [2.24, 2.45) is 23.7 Å². The molecule has 0 N–H and O–H groups in total. The number of alkyl halides is 6. The number of rotatable bonds is 7. The lowest BCUT2D eigenvalue weighted by Crippen LogP contribution is -2.43. The maximum absolute atomic E-state index is 15.3. The van der Waals surface area contributed by atoms with Crippen molar-refractivity contribution in [2.45, 2.75) is 190 Å². The maximum atomic E-state index is 15.3. The molecule has 0 amide bonds. The summed E-state index contributed by atoms with van der Waals surface area (Å²) in [5, 5.41) is 0. The van der Waals surface area contributed by atoms with Gasteiger partial charge in [-0.05, 0) is 115 Å². The molecule has 6 unspecified atom stereocenters. The molecule has 5 aliphatic carbocycles. The topological polar surface area (TPSA) is 35.5 Å². The summed E-state index contributed by atoms with van der Waals surface area (Å²) in [6.45, 7) is 3.77. The summed E-state index contributed by atoms with van der Waals surface area (Å²) in [6.07, 6.45) is 3.07. The maximum Gasteiger partial charge on any atom is 0.394 e. The predicted molar refractivity (Wildman–Crippen MR) is 161 cm³/mol. The van der Waals surface area contributed by atoms with E-state index >= 15 is 4.57 Å². The summed E-state index contributed by atoms with van der Waals surface area (Å²) in [6, 6.07) is 0. The van der Waals surface area contributed by atoms with Crippen LogP contribution in [0.5, 0.6) is 0 Å². The van der Waals surface area contributed by atoms with Crippen molar-refractivity contribution in [1.82, 2.24) is 0 Å². The van der Waals surface area contributed by atoms with Crippen molar-refractivity contribution in [3.8, 4) is 0 Å². The fourth-order valence-corrected chi connectivity index (χ4v) is 14.9. The van der Waals surface area contributed by atoms with Crippen LogP contribution in [0.15, 0.2) is 0 Å². The number of hydrogen-bond donors (Lipinski definition) is 0. The Bertz CT molecular complexity index is 886. The Morgan fingerprint density at radius 2 is 0.864 bits per heavy atom. The predicted octanol–water partition coefficient (Wildman–Crippen LogP) is 11.1. The van der Waals surface area contributed by atoms with Gasteiger partial charge in [0.25, 0.3) is 0 Å². The molecule has 256 valence electrons. The van der Waals surface area contributed by atoms with Gasteiger partial charge >= 0.3 is 12.4 Å². The summed E-state index contributed by atoms with van der Waals surface area (Å²) in [5.74, 6) is -2.70. The zero-order valence-corrected chi connectivity index (χ0v) is 27.6. The lowest BCUT2D eigenvalue weighted by molar-refractivity contribution is -0.229. The van der Waals surface area contributed by atoms with Gasteiger partial charge < -0.3 is 14.0 Å². The van der Waals surface area contributed by atoms with Crippen molar-refractivity contribution in [1.29, 1.82) is 0 Å². The molecule has 6 atom stereocenters. The normalized spacial score (nSPS) is 41.6. The summed E-state index contributed by atoms with van der Waals surface area (Å²) in [7, 11) is -2.65. The Kier molecular flexibility index (Phi) is 11.5. The highest BCUT2D eigenvalue weighted by Gasteiger charge is 2.52. The van der Waals surface area contributed by atoms with Crippen LogP contribution in [0.25, 0.3) is 0 Å². The molecule has 0 spiro atoms. The molecule has 0 aromatic carbocycles. The van der Waals surface area contributed by atoms with Crippen LogP contribution >= 0.6 is 7.14 Å². The van der Waals surface area contributed by atoms with Crippen LogP contribution in [0, 0.1) is 23.7 Å². The van der Waals surface area contributed by atoms with Gasteiger partial charge in [0.2, 0.25) is 0 Å². The first-order valence-corrected chi connectivity index (χ1v) is 19.7. The van der Waals surface area contributed by atoms with Crippen molar-refractivity contribution in [2.75, 3.05) is 0 Å².